The zero-order valence-electron chi connectivity index (χ0n) is 7.03. The second kappa shape index (κ2) is 4.15. The van der Waals surface area contributed by atoms with Gasteiger partial charge in [-0.1, -0.05) is 11.6 Å². The summed E-state index contributed by atoms with van der Waals surface area (Å²) in [6.07, 6.45) is 0. The van der Waals surface area contributed by atoms with Crippen LogP contribution in [0, 0.1) is 5.82 Å². The molecule has 0 aliphatic heterocycles. The summed E-state index contributed by atoms with van der Waals surface area (Å²) >= 11 is 8.92. The predicted molar refractivity (Wildman–Crippen MR) is 52.2 cm³/mol. The van der Waals surface area contributed by atoms with E-state index in [2.05, 4.69) is 15.9 Å². The molecule has 0 spiro atoms. The minimum absolute atomic E-state index is 0.0123. The maximum Gasteiger partial charge on any atom is 0.176 e. The van der Waals surface area contributed by atoms with Crippen LogP contribution in [-0.4, -0.2) is 14.2 Å². The van der Waals surface area contributed by atoms with Crippen LogP contribution >= 0.6 is 27.5 Å². The molecule has 1 rings (SSSR count). The van der Waals surface area contributed by atoms with Gasteiger partial charge in [-0.15, -0.1) is 0 Å². The Hall–Kier alpha value is -0.480. The van der Waals surface area contributed by atoms with Crippen LogP contribution in [0.25, 0.3) is 0 Å². The van der Waals surface area contributed by atoms with Gasteiger partial charge in [-0.2, -0.15) is 0 Å². The molecule has 13 heavy (non-hydrogen) atoms. The van der Waals surface area contributed by atoms with Crippen molar-refractivity contribution in [1.29, 1.82) is 0 Å². The van der Waals surface area contributed by atoms with Gasteiger partial charge in [-0.25, -0.2) is 4.39 Å². The van der Waals surface area contributed by atoms with Crippen molar-refractivity contribution in [2.24, 2.45) is 0 Å². The Balaban J connectivity index is 3.39. The van der Waals surface area contributed by atoms with Gasteiger partial charge in [0.1, 0.15) is 5.02 Å². The summed E-state index contributed by atoms with van der Waals surface area (Å²) in [5.74, 6) is -0.179. The van der Waals surface area contributed by atoms with Crippen LogP contribution in [0.3, 0.4) is 0 Å². The number of benzene rings is 1. The van der Waals surface area contributed by atoms with Gasteiger partial charge >= 0.3 is 0 Å². The van der Waals surface area contributed by atoms with E-state index in [1.807, 2.05) is 0 Å². The lowest BCUT2D eigenvalue weighted by Gasteiger charge is -2.10. The maximum atomic E-state index is 13.1. The third-order valence-corrected chi connectivity index (χ3v) is 2.43. The van der Waals surface area contributed by atoms with E-state index >= 15 is 0 Å². The molecule has 0 bridgehead atoms. The van der Waals surface area contributed by atoms with Crippen LogP contribution in [0.4, 0.5) is 4.39 Å². The lowest BCUT2D eigenvalue weighted by molar-refractivity contribution is 0.373. The third-order valence-electron chi connectivity index (χ3n) is 1.49. The van der Waals surface area contributed by atoms with Gasteiger partial charge in [0.2, 0.25) is 0 Å². The molecule has 2 nitrogen and oxygen atoms in total. The van der Waals surface area contributed by atoms with E-state index in [9.17, 15) is 4.39 Å². The van der Waals surface area contributed by atoms with Crippen molar-refractivity contribution in [2.45, 2.75) is 0 Å². The topological polar surface area (TPSA) is 18.5 Å². The lowest BCUT2D eigenvalue weighted by Crippen LogP contribution is -1.93. The quantitative estimate of drug-likeness (QED) is 0.820. The van der Waals surface area contributed by atoms with Crippen LogP contribution in [-0.2, 0) is 0 Å². The molecule has 0 N–H and O–H groups in total. The number of hydrogen-bond donors (Lipinski definition) is 0. The number of methoxy groups -OCH3 is 2. The Labute approximate surface area is 88.7 Å². The van der Waals surface area contributed by atoms with E-state index in [0.29, 0.717) is 10.2 Å². The van der Waals surface area contributed by atoms with Crippen LogP contribution in [0.2, 0.25) is 5.02 Å². The highest BCUT2D eigenvalue weighted by molar-refractivity contribution is 9.10. The van der Waals surface area contributed by atoms with E-state index in [0.717, 1.165) is 0 Å². The first-order valence-electron chi connectivity index (χ1n) is 3.37. The van der Waals surface area contributed by atoms with Crippen molar-refractivity contribution >= 4 is 27.5 Å². The highest BCUT2D eigenvalue weighted by atomic mass is 79.9. The molecule has 0 aliphatic rings. The highest BCUT2D eigenvalue weighted by Gasteiger charge is 2.16. The molecule has 1 aromatic rings. The maximum absolute atomic E-state index is 13.1. The Bertz CT molecular complexity index is 302. The van der Waals surface area contributed by atoms with E-state index < -0.39 is 5.82 Å². The first-order chi connectivity index (χ1) is 6.11. The molecular weight excluding hydrogens is 262 g/mol. The molecule has 0 radical (unpaired) electrons. The minimum atomic E-state index is -0.528. The van der Waals surface area contributed by atoms with Crippen LogP contribution < -0.4 is 9.47 Å². The van der Waals surface area contributed by atoms with Crippen molar-refractivity contribution in [2.75, 3.05) is 14.2 Å². The summed E-state index contributed by atoms with van der Waals surface area (Å²) in [5, 5.41) is 0.122. The highest BCUT2D eigenvalue weighted by Crippen LogP contribution is 2.41. The summed E-state index contributed by atoms with van der Waals surface area (Å²) in [6.45, 7) is 0. The zero-order chi connectivity index (χ0) is 10.0. The molecule has 0 saturated carbocycles. The predicted octanol–water partition coefficient (Wildman–Crippen LogP) is 3.26. The zero-order valence-corrected chi connectivity index (χ0v) is 9.37. The minimum Gasteiger partial charge on any atom is -0.494 e. The van der Waals surface area contributed by atoms with Gasteiger partial charge in [0, 0.05) is 0 Å². The Kier molecular flexibility index (Phi) is 3.39. The molecule has 0 fully saturated rings. The SMILES string of the molecule is COc1c(F)cc(Br)c(OC)c1Cl. The van der Waals surface area contributed by atoms with E-state index in [-0.39, 0.29) is 10.8 Å². The molecule has 0 atom stereocenters. The first kappa shape index (κ1) is 10.6. The Morgan fingerprint density at radius 3 is 2.31 bits per heavy atom. The summed E-state index contributed by atoms with van der Waals surface area (Å²) in [7, 11) is 2.79. The fraction of sp³-hybridized carbons (Fsp3) is 0.250. The fourth-order valence-corrected chi connectivity index (χ4v) is 1.95. The van der Waals surface area contributed by atoms with Gasteiger partial charge in [-0.05, 0) is 22.0 Å². The monoisotopic (exact) mass is 268 g/mol. The molecule has 0 unspecified atom stereocenters. The van der Waals surface area contributed by atoms with E-state index in [1.165, 1.54) is 20.3 Å². The van der Waals surface area contributed by atoms with Crippen molar-refractivity contribution in [1.82, 2.24) is 0 Å². The normalized spacial score (nSPS) is 9.92. The largest absolute Gasteiger partial charge is 0.494 e. The summed E-state index contributed by atoms with van der Waals surface area (Å²) in [6, 6.07) is 1.24. The second-order valence-corrected chi connectivity index (χ2v) is 3.45. The Morgan fingerprint density at radius 2 is 1.85 bits per heavy atom. The molecular formula is C8H7BrClFO2. The lowest BCUT2D eigenvalue weighted by atomic mass is 10.3. The fourth-order valence-electron chi connectivity index (χ4n) is 0.929. The average Bonchev–Trinajstić information content (AvgIpc) is 2.04. The first-order valence-corrected chi connectivity index (χ1v) is 4.54. The van der Waals surface area contributed by atoms with Gasteiger partial charge in [0.05, 0.1) is 18.7 Å². The molecule has 0 heterocycles. The third kappa shape index (κ3) is 1.89. The summed E-state index contributed by atoms with van der Waals surface area (Å²) < 4.78 is 23.3. The summed E-state index contributed by atoms with van der Waals surface area (Å²) in [5.41, 5.74) is 0. The van der Waals surface area contributed by atoms with Crippen LogP contribution in [0.1, 0.15) is 0 Å². The van der Waals surface area contributed by atoms with Crippen LogP contribution in [0.15, 0.2) is 10.5 Å². The van der Waals surface area contributed by atoms with Gasteiger partial charge in [0.25, 0.3) is 0 Å². The van der Waals surface area contributed by atoms with Gasteiger partial charge in [-0.3, -0.25) is 0 Å². The van der Waals surface area contributed by atoms with Gasteiger partial charge in [0.15, 0.2) is 17.3 Å². The Morgan fingerprint density at radius 1 is 1.31 bits per heavy atom. The van der Waals surface area contributed by atoms with E-state index in [1.54, 1.807) is 0 Å². The van der Waals surface area contributed by atoms with Crippen molar-refractivity contribution in [3.8, 4) is 11.5 Å². The molecule has 1 aromatic carbocycles. The molecule has 72 valence electrons. The molecule has 0 amide bonds. The second-order valence-electron chi connectivity index (χ2n) is 2.22. The number of halogens is 3. The van der Waals surface area contributed by atoms with Crippen LogP contribution in [0.5, 0.6) is 11.5 Å². The summed E-state index contributed by atoms with van der Waals surface area (Å²) in [4.78, 5) is 0. The molecule has 5 heteroatoms. The number of hydrogen-bond acceptors (Lipinski definition) is 2. The standard InChI is InChI=1S/C8H7BrClFO2/c1-12-7-4(9)3-5(11)8(13-2)6(7)10/h3H,1-2H3. The van der Waals surface area contributed by atoms with E-state index in [4.69, 9.17) is 21.1 Å². The number of rotatable bonds is 2. The number of ether oxygens (including phenoxy) is 2. The molecule has 0 aliphatic carbocycles. The van der Waals surface area contributed by atoms with Gasteiger partial charge < -0.3 is 9.47 Å². The average molecular weight is 269 g/mol. The van der Waals surface area contributed by atoms with Crippen molar-refractivity contribution in [3.63, 3.8) is 0 Å². The molecule has 0 aromatic heterocycles. The molecule has 0 saturated heterocycles. The van der Waals surface area contributed by atoms with Crippen molar-refractivity contribution in [3.05, 3.63) is 21.4 Å². The van der Waals surface area contributed by atoms with Crippen molar-refractivity contribution < 1.29 is 13.9 Å². The smallest absolute Gasteiger partial charge is 0.176 e.